The number of amides is 2. The van der Waals surface area contributed by atoms with E-state index in [1.165, 1.54) is 0 Å². The number of aliphatic carboxylic acids is 1. The van der Waals surface area contributed by atoms with Crippen molar-refractivity contribution in [3.05, 3.63) is 0 Å². The largest absolute Gasteiger partial charge is 0.481 e. The number of rotatable bonds is 4. The Balaban J connectivity index is 5.09. The molecule has 0 aromatic carbocycles. The predicted molar refractivity (Wildman–Crippen MR) is 80.8 cm³/mol. The van der Waals surface area contributed by atoms with E-state index in [2.05, 4.69) is 20.8 Å². The van der Waals surface area contributed by atoms with Gasteiger partial charge in [-0.05, 0) is 33.1 Å². The quantitative estimate of drug-likeness (QED) is 0.864. The molecule has 20 heavy (non-hydrogen) atoms. The molecule has 0 saturated heterocycles. The zero-order chi connectivity index (χ0) is 16.3. The third-order valence-electron chi connectivity index (χ3n) is 3.73. The first kappa shape index (κ1) is 18.7. The van der Waals surface area contributed by atoms with Crippen LogP contribution in [0.3, 0.4) is 0 Å². The smallest absolute Gasteiger partial charge is 0.320 e. The Bertz CT molecular complexity index is 353. The molecule has 0 aromatic heterocycles. The lowest BCUT2D eigenvalue weighted by Gasteiger charge is -2.42. The molecule has 2 amide bonds. The average molecular weight is 286 g/mol. The molecule has 0 bridgehead atoms. The van der Waals surface area contributed by atoms with E-state index in [0.29, 0.717) is 0 Å². The van der Waals surface area contributed by atoms with Crippen molar-refractivity contribution in [1.82, 2.24) is 9.80 Å². The standard InChI is InChI=1S/C15H30N2O3/c1-11(14(2,3)4)16(8)13(20)17(15(5,6)7)10-9-12(18)19/h11H,9-10H2,1-8H3,(H,18,19). The van der Waals surface area contributed by atoms with Crippen LogP contribution < -0.4 is 0 Å². The Kier molecular flexibility index (Phi) is 6.05. The van der Waals surface area contributed by atoms with Crippen LogP contribution in [0, 0.1) is 5.41 Å². The topological polar surface area (TPSA) is 60.9 Å². The van der Waals surface area contributed by atoms with Crippen LogP contribution in [0.4, 0.5) is 4.79 Å². The highest BCUT2D eigenvalue weighted by Crippen LogP contribution is 2.25. The summed E-state index contributed by atoms with van der Waals surface area (Å²) in [7, 11) is 1.78. The summed E-state index contributed by atoms with van der Waals surface area (Å²) in [6.07, 6.45) is -0.0409. The zero-order valence-corrected chi connectivity index (χ0v) is 14.1. The fraction of sp³-hybridized carbons (Fsp3) is 0.867. The third-order valence-corrected chi connectivity index (χ3v) is 3.73. The van der Waals surface area contributed by atoms with Gasteiger partial charge in [0.25, 0.3) is 0 Å². The fourth-order valence-electron chi connectivity index (χ4n) is 1.86. The van der Waals surface area contributed by atoms with Crippen molar-refractivity contribution in [1.29, 1.82) is 0 Å². The number of nitrogens with zero attached hydrogens (tertiary/aromatic N) is 2. The van der Waals surface area contributed by atoms with Gasteiger partial charge < -0.3 is 14.9 Å². The van der Waals surface area contributed by atoms with E-state index in [1.54, 1.807) is 16.8 Å². The van der Waals surface area contributed by atoms with Crippen molar-refractivity contribution in [3.8, 4) is 0 Å². The summed E-state index contributed by atoms with van der Waals surface area (Å²) in [5.74, 6) is -0.890. The van der Waals surface area contributed by atoms with Gasteiger partial charge in [0.15, 0.2) is 0 Å². The summed E-state index contributed by atoms with van der Waals surface area (Å²) in [5, 5.41) is 8.84. The fourth-order valence-corrected chi connectivity index (χ4v) is 1.86. The molecule has 0 heterocycles. The highest BCUT2D eigenvalue weighted by molar-refractivity contribution is 5.76. The second-order valence-electron chi connectivity index (χ2n) is 7.40. The second kappa shape index (κ2) is 6.46. The molecule has 0 aliphatic rings. The maximum atomic E-state index is 12.6. The molecule has 0 aliphatic heterocycles. The van der Waals surface area contributed by atoms with Crippen LogP contribution in [0.2, 0.25) is 0 Å². The van der Waals surface area contributed by atoms with Crippen molar-refractivity contribution < 1.29 is 14.7 Å². The zero-order valence-electron chi connectivity index (χ0n) is 14.1. The van der Waals surface area contributed by atoms with Gasteiger partial charge >= 0.3 is 12.0 Å². The molecule has 0 spiro atoms. The van der Waals surface area contributed by atoms with Crippen molar-refractivity contribution in [2.45, 2.75) is 66.5 Å². The number of carbonyl (C=O) groups is 2. The molecule has 1 atom stereocenters. The predicted octanol–water partition coefficient (Wildman–Crippen LogP) is 3.05. The van der Waals surface area contributed by atoms with Crippen molar-refractivity contribution in [2.75, 3.05) is 13.6 Å². The van der Waals surface area contributed by atoms with Crippen LogP contribution in [-0.4, -0.2) is 52.1 Å². The average Bonchev–Trinajstić information content (AvgIpc) is 2.23. The van der Waals surface area contributed by atoms with Gasteiger partial charge in [-0.25, -0.2) is 4.79 Å². The highest BCUT2D eigenvalue weighted by atomic mass is 16.4. The molecule has 0 aromatic rings. The first-order valence-electron chi connectivity index (χ1n) is 7.04. The van der Waals surface area contributed by atoms with Gasteiger partial charge in [0.1, 0.15) is 0 Å². The number of hydrogen-bond donors (Lipinski definition) is 1. The Hall–Kier alpha value is -1.26. The Morgan fingerprint density at radius 3 is 1.85 bits per heavy atom. The second-order valence-corrected chi connectivity index (χ2v) is 7.40. The number of hydrogen-bond acceptors (Lipinski definition) is 2. The van der Waals surface area contributed by atoms with Crippen molar-refractivity contribution in [2.24, 2.45) is 5.41 Å². The van der Waals surface area contributed by atoms with Gasteiger partial charge in [0, 0.05) is 25.2 Å². The van der Waals surface area contributed by atoms with Gasteiger partial charge in [-0.1, -0.05) is 20.8 Å². The molecule has 0 rings (SSSR count). The summed E-state index contributed by atoms with van der Waals surface area (Å²) < 4.78 is 0. The van der Waals surface area contributed by atoms with Crippen LogP contribution in [0.25, 0.3) is 0 Å². The maximum absolute atomic E-state index is 12.6. The van der Waals surface area contributed by atoms with Crippen LogP contribution >= 0.6 is 0 Å². The van der Waals surface area contributed by atoms with E-state index in [1.807, 2.05) is 27.7 Å². The van der Waals surface area contributed by atoms with Gasteiger partial charge in [0.05, 0.1) is 6.42 Å². The van der Waals surface area contributed by atoms with Gasteiger partial charge in [-0.2, -0.15) is 0 Å². The van der Waals surface area contributed by atoms with Gasteiger partial charge in [-0.15, -0.1) is 0 Å². The van der Waals surface area contributed by atoms with Crippen molar-refractivity contribution >= 4 is 12.0 Å². The molecule has 1 N–H and O–H groups in total. The lowest BCUT2D eigenvalue weighted by atomic mass is 9.87. The van der Waals surface area contributed by atoms with Crippen LogP contribution in [0.1, 0.15) is 54.9 Å². The molecule has 0 saturated carbocycles. The minimum absolute atomic E-state index is 0.0270. The number of carboxylic acid groups (broad SMARTS) is 1. The molecule has 0 fully saturated rings. The van der Waals surface area contributed by atoms with Crippen molar-refractivity contribution in [3.63, 3.8) is 0 Å². The highest BCUT2D eigenvalue weighted by Gasteiger charge is 2.34. The van der Waals surface area contributed by atoms with E-state index in [9.17, 15) is 9.59 Å². The van der Waals surface area contributed by atoms with E-state index in [-0.39, 0.29) is 30.5 Å². The summed E-state index contributed by atoms with van der Waals surface area (Å²) in [6, 6.07) is -0.0640. The van der Waals surface area contributed by atoms with E-state index >= 15 is 0 Å². The summed E-state index contributed by atoms with van der Waals surface area (Å²) >= 11 is 0. The first-order chi connectivity index (χ1) is 8.78. The van der Waals surface area contributed by atoms with E-state index < -0.39 is 11.5 Å². The minimum Gasteiger partial charge on any atom is -0.481 e. The van der Waals surface area contributed by atoms with Crippen LogP contribution in [0.15, 0.2) is 0 Å². The Morgan fingerprint density at radius 1 is 1.10 bits per heavy atom. The molecule has 0 radical (unpaired) electrons. The Morgan fingerprint density at radius 2 is 1.55 bits per heavy atom. The molecule has 0 aliphatic carbocycles. The molecular formula is C15H30N2O3. The number of carboxylic acids is 1. The third kappa shape index (κ3) is 5.39. The van der Waals surface area contributed by atoms with Gasteiger partial charge in [0.2, 0.25) is 0 Å². The number of urea groups is 1. The van der Waals surface area contributed by atoms with Crippen LogP contribution in [-0.2, 0) is 4.79 Å². The SMILES string of the molecule is CC(N(C)C(=O)N(CCC(=O)O)C(C)(C)C)C(C)(C)C. The molecule has 1 unspecified atom stereocenters. The monoisotopic (exact) mass is 286 g/mol. The molecule has 118 valence electrons. The lowest BCUT2D eigenvalue weighted by molar-refractivity contribution is -0.137. The maximum Gasteiger partial charge on any atom is 0.320 e. The molecule has 5 nitrogen and oxygen atoms in total. The molecular weight excluding hydrogens is 256 g/mol. The minimum atomic E-state index is -0.890. The Labute approximate surface area is 122 Å². The first-order valence-corrected chi connectivity index (χ1v) is 7.04. The normalized spacial score (nSPS) is 13.8. The number of carbonyl (C=O) groups excluding carboxylic acids is 1. The lowest BCUT2D eigenvalue weighted by Crippen LogP contribution is -2.55. The summed E-state index contributed by atoms with van der Waals surface area (Å²) in [6.45, 7) is 14.2. The summed E-state index contributed by atoms with van der Waals surface area (Å²) in [4.78, 5) is 26.7. The van der Waals surface area contributed by atoms with E-state index in [0.717, 1.165) is 0 Å². The van der Waals surface area contributed by atoms with Gasteiger partial charge in [-0.3, -0.25) is 4.79 Å². The van der Waals surface area contributed by atoms with Crippen LogP contribution in [0.5, 0.6) is 0 Å². The van der Waals surface area contributed by atoms with E-state index in [4.69, 9.17) is 5.11 Å². The summed E-state index contributed by atoms with van der Waals surface area (Å²) in [5.41, 5.74) is -0.431. The molecule has 5 heteroatoms.